The summed E-state index contributed by atoms with van der Waals surface area (Å²) >= 11 is 3.87. The molecule has 0 aromatic rings. The second kappa shape index (κ2) is 3.73. The molecule has 1 unspecified atom stereocenters. The normalized spacial score (nSPS) is 30.0. The third-order valence-electron chi connectivity index (χ3n) is 2.61. The standard InChI is InChI=1S/C9H16N2S2/c1-7-5-10-8(13-7)11-6-9(12-2)3-4-9/h7H,3-6H2,1-2H3,(H,10,11). The molecule has 1 aliphatic carbocycles. The smallest absolute Gasteiger partial charge is 0.156 e. The van der Waals surface area contributed by atoms with Gasteiger partial charge >= 0.3 is 0 Å². The number of nitrogens with one attached hydrogen (secondary N) is 1. The summed E-state index contributed by atoms with van der Waals surface area (Å²) in [6.07, 6.45) is 4.95. The van der Waals surface area contributed by atoms with Gasteiger partial charge in [0.1, 0.15) is 0 Å². The largest absolute Gasteiger partial charge is 0.364 e. The van der Waals surface area contributed by atoms with Crippen molar-refractivity contribution < 1.29 is 0 Å². The highest BCUT2D eigenvalue weighted by molar-refractivity contribution is 8.14. The summed E-state index contributed by atoms with van der Waals surface area (Å²) in [6, 6.07) is 0. The van der Waals surface area contributed by atoms with E-state index in [-0.39, 0.29) is 0 Å². The van der Waals surface area contributed by atoms with Gasteiger partial charge in [0.2, 0.25) is 0 Å². The van der Waals surface area contributed by atoms with E-state index in [1.807, 2.05) is 23.5 Å². The van der Waals surface area contributed by atoms with E-state index in [0.29, 0.717) is 10.00 Å². The minimum atomic E-state index is 0.551. The SMILES string of the molecule is CSC1(CNC2=NCC(C)S2)CC1. The summed E-state index contributed by atoms with van der Waals surface area (Å²) in [5.41, 5.74) is 0. The number of thioether (sulfide) groups is 2. The van der Waals surface area contributed by atoms with Gasteiger partial charge in [0.15, 0.2) is 5.17 Å². The Morgan fingerprint density at radius 2 is 2.46 bits per heavy atom. The predicted molar refractivity (Wildman–Crippen MR) is 62.8 cm³/mol. The second-order valence-electron chi connectivity index (χ2n) is 3.81. The molecule has 0 bridgehead atoms. The second-order valence-corrected chi connectivity index (χ2v) is 6.52. The van der Waals surface area contributed by atoms with Gasteiger partial charge in [-0.1, -0.05) is 18.7 Å². The van der Waals surface area contributed by atoms with Crippen molar-refractivity contribution in [1.29, 1.82) is 0 Å². The first-order valence-corrected chi connectivity index (χ1v) is 6.85. The Labute approximate surface area is 88.3 Å². The van der Waals surface area contributed by atoms with Gasteiger partial charge in [-0.3, -0.25) is 4.99 Å². The van der Waals surface area contributed by atoms with Gasteiger partial charge in [0.05, 0.1) is 6.54 Å². The first-order chi connectivity index (χ1) is 6.24. The van der Waals surface area contributed by atoms with E-state index in [0.717, 1.165) is 18.3 Å². The monoisotopic (exact) mass is 216 g/mol. The zero-order chi connectivity index (χ0) is 9.31. The third kappa shape index (κ3) is 2.34. The van der Waals surface area contributed by atoms with Crippen LogP contribution in [0, 0.1) is 0 Å². The fourth-order valence-corrected chi connectivity index (χ4v) is 2.96. The molecule has 74 valence electrons. The van der Waals surface area contributed by atoms with Gasteiger partial charge in [-0.25, -0.2) is 0 Å². The Kier molecular flexibility index (Phi) is 2.79. The quantitative estimate of drug-likeness (QED) is 0.780. The van der Waals surface area contributed by atoms with Crippen LogP contribution in [0.4, 0.5) is 0 Å². The number of hydrogen-bond donors (Lipinski definition) is 1. The van der Waals surface area contributed by atoms with Crippen LogP contribution in [-0.2, 0) is 0 Å². The lowest BCUT2D eigenvalue weighted by atomic mass is 10.4. The molecule has 2 nitrogen and oxygen atoms in total. The van der Waals surface area contributed by atoms with E-state index in [4.69, 9.17) is 0 Å². The highest BCUT2D eigenvalue weighted by Gasteiger charge is 2.41. The van der Waals surface area contributed by atoms with Gasteiger partial charge in [-0.15, -0.1) is 0 Å². The number of hydrogen-bond acceptors (Lipinski definition) is 4. The Morgan fingerprint density at radius 3 is 2.92 bits per heavy atom. The Balaban J connectivity index is 1.74. The summed E-state index contributed by atoms with van der Waals surface area (Å²) in [4.78, 5) is 4.44. The van der Waals surface area contributed by atoms with E-state index in [9.17, 15) is 0 Å². The van der Waals surface area contributed by atoms with Crippen LogP contribution >= 0.6 is 23.5 Å². The molecule has 1 heterocycles. The molecular weight excluding hydrogens is 200 g/mol. The molecular formula is C9H16N2S2. The highest BCUT2D eigenvalue weighted by Crippen LogP contribution is 2.46. The van der Waals surface area contributed by atoms with Crippen molar-refractivity contribution in [1.82, 2.24) is 5.32 Å². The summed E-state index contributed by atoms with van der Waals surface area (Å²) in [6.45, 7) is 4.32. The van der Waals surface area contributed by atoms with E-state index in [1.54, 1.807) is 0 Å². The third-order valence-corrected chi connectivity index (χ3v) is 5.07. The number of nitrogens with zero attached hydrogens (tertiary/aromatic N) is 1. The lowest BCUT2D eigenvalue weighted by Crippen LogP contribution is -2.29. The van der Waals surface area contributed by atoms with E-state index >= 15 is 0 Å². The summed E-state index contributed by atoms with van der Waals surface area (Å²) in [5, 5.41) is 5.29. The molecule has 1 saturated carbocycles. The molecule has 0 spiro atoms. The minimum Gasteiger partial charge on any atom is -0.364 e. The predicted octanol–water partition coefficient (Wildman–Crippen LogP) is 1.96. The summed E-state index contributed by atoms with van der Waals surface area (Å²) in [7, 11) is 0. The molecule has 0 aromatic carbocycles. The van der Waals surface area contributed by atoms with Crippen LogP contribution in [0.3, 0.4) is 0 Å². The van der Waals surface area contributed by atoms with Gasteiger partial charge in [-0.2, -0.15) is 11.8 Å². The van der Waals surface area contributed by atoms with Crippen molar-refractivity contribution >= 4 is 28.7 Å². The number of amidine groups is 1. The Bertz CT molecular complexity index is 224. The van der Waals surface area contributed by atoms with Crippen molar-refractivity contribution in [3.8, 4) is 0 Å². The lowest BCUT2D eigenvalue weighted by Gasteiger charge is -2.13. The molecule has 0 aromatic heterocycles. The van der Waals surface area contributed by atoms with Crippen LogP contribution < -0.4 is 5.32 Å². The van der Waals surface area contributed by atoms with Crippen LogP contribution in [0.5, 0.6) is 0 Å². The van der Waals surface area contributed by atoms with Crippen LogP contribution in [-0.4, -0.2) is 34.5 Å². The van der Waals surface area contributed by atoms with Crippen LogP contribution in [0.25, 0.3) is 0 Å². The lowest BCUT2D eigenvalue weighted by molar-refractivity contribution is 0.821. The van der Waals surface area contributed by atoms with Crippen molar-refractivity contribution in [2.45, 2.75) is 29.8 Å². The van der Waals surface area contributed by atoms with Crippen LogP contribution in [0.15, 0.2) is 4.99 Å². The highest BCUT2D eigenvalue weighted by atomic mass is 32.2. The topological polar surface area (TPSA) is 24.4 Å². The number of aliphatic imine (C=N–C) groups is 1. The molecule has 13 heavy (non-hydrogen) atoms. The van der Waals surface area contributed by atoms with E-state index in [1.165, 1.54) is 12.8 Å². The zero-order valence-electron chi connectivity index (χ0n) is 8.17. The minimum absolute atomic E-state index is 0.551. The summed E-state index contributed by atoms with van der Waals surface area (Å²) < 4.78 is 0.551. The van der Waals surface area contributed by atoms with Gasteiger partial charge < -0.3 is 5.32 Å². The van der Waals surface area contributed by atoms with E-state index in [2.05, 4.69) is 23.5 Å². The maximum absolute atomic E-state index is 4.44. The number of rotatable bonds is 3. The average molecular weight is 216 g/mol. The molecule has 0 radical (unpaired) electrons. The van der Waals surface area contributed by atoms with Crippen molar-refractivity contribution in [3.05, 3.63) is 0 Å². The van der Waals surface area contributed by atoms with Crippen LogP contribution in [0.2, 0.25) is 0 Å². The first-order valence-electron chi connectivity index (χ1n) is 4.74. The zero-order valence-corrected chi connectivity index (χ0v) is 9.80. The Morgan fingerprint density at radius 1 is 1.69 bits per heavy atom. The molecule has 0 amide bonds. The maximum atomic E-state index is 4.44. The molecule has 0 saturated heterocycles. The molecule has 1 atom stereocenters. The fourth-order valence-electron chi connectivity index (χ4n) is 1.40. The van der Waals surface area contributed by atoms with Crippen molar-refractivity contribution in [2.75, 3.05) is 19.3 Å². The summed E-state index contributed by atoms with van der Waals surface area (Å²) in [5.74, 6) is 0. The molecule has 4 heteroatoms. The molecule has 2 rings (SSSR count). The maximum Gasteiger partial charge on any atom is 0.156 e. The van der Waals surface area contributed by atoms with Crippen molar-refractivity contribution in [2.24, 2.45) is 4.99 Å². The van der Waals surface area contributed by atoms with E-state index < -0.39 is 0 Å². The van der Waals surface area contributed by atoms with Gasteiger partial charge in [-0.05, 0) is 19.1 Å². The first kappa shape index (κ1) is 9.71. The van der Waals surface area contributed by atoms with Crippen molar-refractivity contribution in [3.63, 3.8) is 0 Å². The molecule has 2 aliphatic rings. The molecule has 1 aliphatic heterocycles. The molecule has 1 fully saturated rings. The fraction of sp³-hybridized carbons (Fsp3) is 0.889. The van der Waals surface area contributed by atoms with Crippen LogP contribution in [0.1, 0.15) is 19.8 Å². The van der Waals surface area contributed by atoms with Gasteiger partial charge in [0, 0.05) is 16.5 Å². The molecule has 1 N–H and O–H groups in total. The average Bonchev–Trinajstić information content (AvgIpc) is 2.81. The van der Waals surface area contributed by atoms with Gasteiger partial charge in [0.25, 0.3) is 0 Å². The Hall–Kier alpha value is 0.170.